The fraction of sp³-hybridized carbons (Fsp3) is 0.421. The average molecular weight is 341 g/mol. The van der Waals surface area contributed by atoms with E-state index in [1.165, 1.54) is 17.0 Å². The summed E-state index contributed by atoms with van der Waals surface area (Å²) in [4.78, 5) is 31.0. The highest BCUT2D eigenvalue weighted by atomic mass is 16.5. The number of piperidine rings is 1. The van der Waals surface area contributed by atoms with Crippen LogP contribution in [-0.4, -0.2) is 40.6 Å². The quantitative estimate of drug-likeness (QED) is 0.855. The Morgan fingerprint density at radius 3 is 2.68 bits per heavy atom. The summed E-state index contributed by atoms with van der Waals surface area (Å²) in [7, 11) is 1.58. The zero-order valence-corrected chi connectivity index (χ0v) is 14.6. The number of ether oxygens (including phenoxy) is 1. The van der Waals surface area contributed by atoms with Crippen LogP contribution >= 0.6 is 0 Å². The number of hydrogen-bond acceptors (Lipinski definition) is 4. The number of amides is 1. The van der Waals surface area contributed by atoms with Crippen LogP contribution in [0.2, 0.25) is 0 Å². The molecular weight excluding hydrogens is 318 g/mol. The maximum atomic E-state index is 12.4. The molecule has 1 aliphatic rings. The van der Waals surface area contributed by atoms with Crippen LogP contribution in [0.15, 0.2) is 41.5 Å². The van der Waals surface area contributed by atoms with Crippen molar-refractivity contribution in [3.63, 3.8) is 0 Å². The maximum Gasteiger partial charge on any atom is 0.254 e. The van der Waals surface area contributed by atoms with E-state index in [2.05, 4.69) is 11.9 Å². The minimum absolute atomic E-state index is 0.0270. The number of hydrogen-bond donors (Lipinski definition) is 0. The Morgan fingerprint density at radius 2 is 2.00 bits per heavy atom. The standard InChI is InChI=1S/C19H23N3O3/c1-14-7-9-21(10-8-14)19(24)12-22-13-20-16(11-18(22)23)15-5-3-4-6-17(15)25-2/h3-6,11,13-14H,7-10,12H2,1-2H3. The lowest BCUT2D eigenvalue weighted by atomic mass is 9.99. The molecule has 1 aromatic carbocycles. The summed E-state index contributed by atoms with van der Waals surface area (Å²) in [5.74, 6) is 1.29. The number of carbonyl (C=O) groups excluding carboxylic acids is 1. The number of nitrogens with zero attached hydrogens (tertiary/aromatic N) is 3. The van der Waals surface area contributed by atoms with Crippen LogP contribution in [0.25, 0.3) is 11.3 Å². The molecule has 0 saturated carbocycles. The lowest BCUT2D eigenvalue weighted by Crippen LogP contribution is -2.41. The molecule has 0 unspecified atom stereocenters. The van der Waals surface area contributed by atoms with Crippen LogP contribution < -0.4 is 10.3 Å². The molecule has 6 heteroatoms. The number of carbonyl (C=O) groups is 1. The molecule has 0 aliphatic carbocycles. The summed E-state index contributed by atoms with van der Waals surface area (Å²) >= 11 is 0. The van der Waals surface area contributed by atoms with Crippen molar-refractivity contribution in [1.29, 1.82) is 0 Å². The predicted octanol–water partition coefficient (Wildman–Crippen LogP) is 2.18. The largest absolute Gasteiger partial charge is 0.496 e. The smallest absolute Gasteiger partial charge is 0.254 e. The van der Waals surface area contributed by atoms with Crippen molar-refractivity contribution in [1.82, 2.24) is 14.5 Å². The number of methoxy groups -OCH3 is 1. The molecule has 2 heterocycles. The van der Waals surface area contributed by atoms with E-state index in [0.717, 1.165) is 31.5 Å². The van der Waals surface area contributed by atoms with Crippen molar-refractivity contribution in [2.24, 2.45) is 5.92 Å². The third kappa shape index (κ3) is 3.90. The second-order valence-corrected chi connectivity index (χ2v) is 6.50. The highest BCUT2D eigenvalue weighted by Gasteiger charge is 2.20. The van der Waals surface area contributed by atoms with Gasteiger partial charge in [-0.1, -0.05) is 19.1 Å². The highest BCUT2D eigenvalue weighted by Crippen LogP contribution is 2.26. The Hall–Kier alpha value is -2.63. The molecule has 1 aromatic heterocycles. The molecule has 25 heavy (non-hydrogen) atoms. The Bertz CT molecular complexity index is 808. The van der Waals surface area contributed by atoms with Crippen molar-refractivity contribution < 1.29 is 9.53 Å². The van der Waals surface area contributed by atoms with E-state index in [-0.39, 0.29) is 18.0 Å². The third-order valence-corrected chi connectivity index (χ3v) is 4.70. The molecule has 0 atom stereocenters. The van der Waals surface area contributed by atoms with E-state index in [9.17, 15) is 9.59 Å². The summed E-state index contributed by atoms with van der Waals surface area (Å²) in [5, 5.41) is 0. The van der Waals surface area contributed by atoms with E-state index in [1.54, 1.807) is 7.11 Å². The van der Waals surface area contributed by atoms with Gasteiger partial charge in [0.2, 0.25) is 5.91 Å². The van der Waals surface area contributed by atoms with E-state index in [4.69, 9.17) is 4.74 Å². The first-order valence-corrected chi connectivity index (χ1v) is 8.56. The van der Waals surface area contributed by atoms with Crippen molar-refractivity contribution in [3.05, 3.63) is 47.0 Å². The number of aromatic nitrogens is 2. The minimum atomic E-state index is -0.241. The van der Waals surface area contributed by atoms with E-state index in [0.29, 0.717) is 17.4 Å². The second kappa shape index (κ2) is 7.51. The lowest BCUT2D eigenvalue weighted by Gasteiger charge is -2.30. The molecule has 1 saturated heterocycles. The molecule has 2 aromatic rings. The Kier molecular flexibility index (Phi) is 5.16. The number of rotatable bonds is 4. The van der Waals surface area contributed by atoms with Crippen LogP contribution in [0.4, 0.5) is 0 Å². The van der Waals surface area contributed by atoms with Crippen molar-refractivity contribution in [2.75, 3.05) is 20.2 Å². The molecular formula is C19H23N3O3. The summed E-state index contributed by atoms with van der Waals surface area (Å²) in [6, 6.07) is 8.85. The average Bonchev–Trinajstić information content (AvgIpc) is 2.63. The number of para-hydroxylation sites is 1. The molecule has 0 radical (unpaired) electrons. The first kappa shape index (κ1) is 17.2. The Balaban J connectivity index is 1.76. The molecule has 0 bridgehead atoms. The monoisotopic (exact) mass is 341 g/mol. The van der Waals surface area contributed by atoms with Gasteiger partial charge in [-0.25, -0.2) is 4.98 Å². The van der Waals surface area contributed by atoms with Crippen LogP contribution in [0, 0.1) is 5.92 Å². The number of likely N-dealkylation sites (tertiary alicyclic amines) is 1. The van der Waals surface area contributed by atoms with Crippen LogP contribution in [0.1, 0.15) is 19.8 Å². The third-order valence-electron chi connectivity index (χ3n) is 4.70. The van der Waals surface area contributed by atoms with Gasteiger partial charge in [-0.2, -0.15) is 0 Å². The lowest BCUT2D eigenvalue weighted by molar-refractivity contribution is -0.133. The van der Waals surface area contributed by atoms with Crippen LogP contribution in [0.5, 0.6) is 5.75 Å². The maximum absolute atomic E-state index is 12.4. The van der Waals surface area contributed by atoms with Crippen molar-refractivity contribution >= 4 is 5.91 Å². The van der Waals surface area contributed by atoms with Gasteiger partial charge in [-0.3, -0.25) is 14.2 Å². The molecule has 6 nitrogen and oxygen atoms in total. The van der Waals surface area contributed by atoms with Gasteiger partial charge in [0.15, 0.2) is 0 Å². The van der Waals surface area contributed by atoms with Crippen LogP contribution in [-0.2, 0) is 11.3 Å². The Morgan fingerprint density at radius 1 is 1.28 bits per heavy atom. The Labute approximate surface area is 147 Å². The normalized spacial score (nSPS) is 15.2. The zero-order chi connectivity index (χ0) is 17.8. The van der Waals surface area contributed by atoms with Gasteiger partial charge in [-0.05, 0) is 30.9 Å². The summed E-state index contributed by atoms with van der Waals surface area (Å²) in [5.41, 5.74) is 1.05. The summed E-state index contributed by atoms with van der Waals surface area (Å²) in [6.07, 6.45) is 3.48. The van der Waals surface area contributed by atoms with Gasteiger partial charge < -0.3 is 9.64 Å². The topological polar surface area (TPSA) is 64.4 Å². The summed E-state index contributed by atoms with van der Waals surface area (Å²) < 4.78 is 6.67. The molecule has 0 N–H and O–H groups in total. The molecule has 1 aliphatic heterocycles. The molecule has 132 valence electrons. The predicted molar refractivity (Wildman–Crippen MR) is 95.5 cm³/mol. The summed E-state index contributed by atoms with van der Waals surface area (Å²) in [6.45, 7) is 3.77. The van der Waals surface area contributed by atoms with E-state index >= 15 is 0 Å². The molecule has 0 spiro atoms. The second-order valence-electron chi connectivity index (χ2n) is 6.50. The van der Waals surface area contributed by atoms with Crippen LogP contribution in [0.3, 0.4) is 0 Å². The first-order chi connectivity index (χ1) is 12.1. The van der Waals surface area contributed by atoms with Gasteiger partial charge in [0, 0.05) is 24.7 Å². The zero-order valence-electron chi connectivity index (χ0n) is 14.6. The van der Waals surface area contributed by atoms with Gasteiger partial charge in [0.05, 0.1) is 19.1 Å². The van der Waals surface area contributed by atoms with Gasteiger partial charge in [0.25, 0.3) is 5.56 Å². The van der Waals surface area contributed by atoms with E-state index in [1.807, 2.05) is 29.2 Å². The first-order valence-electron chi connectivity index (χ1n) is 8.56. The van der Waals surface area contributed by atoms with Gasteiger partial charge in [-0.15, -0.1) is 0 Å². The number of benzene rings is 1. The van der Waals surface area contributed by atoms with Crippen molar-refractivity contribution in [2.45, 2.75) is 26.3 Å². The molecule has 1 fully saturated rings. The highest BCUT2D eigenvalue weighted by molar-refractivity contribution is 5.76. The fourth-order valence-corrected chi connectivity index (χ4v) is 3.05. The van der Waals surface area contributed by atoms with Crippen molar-refractivity contribution in [3.8, 4) is 17.0 Å². The molecule has 3 rings (SSSR count). The van der Waals surface area contributed by atoms with E-state index < -0.39 is 0 Å². The fourth-order valence-electron chi connectivity index (χ4n) is 3.05. The van der Waals surface area contributed by atoms with Gasteiger partial charge in [0.1, 0.15) is 12.3 Å². The minimum Gasteiger partial charge on any atom is -0.496 e. The SMILES string of the molecule is COc1ccccc1-c1cc(=O)n(CC(=O)N2CCC(C)CC2)cn1. The molecule has 1 amide bonds. The van der Waals surface area contributed by atoms with Gasteiger partial charge >= 0.3 is 0 Å².